The van der Waals surface area contributed by atoms with Crippen LogP contribution in [-0.2, 0) is 36.7 Å². The Hall–Kier alpha value is -4.44. The maximum Gasteiger partial charge on any atom is 0.410 e. The number of likely N-dealkylation sites (N-methyl/N-ethyl adjacent to an activating group) is 3. The van der Waals surface area contributed by atoms with Crippen molar-refractivity contribution in [3.05, 3.63) is 83.9 Å². The van der Waals surface area contributed by atoms with Crippen molar-refractivity contribution >= 4 is 34.6 Å². The van der Waals surface area contributed by atoms with Crippen LogP contribution in [-0.4, -0.2) is 103 Å². The molecule has 1 aliphatic heterocycles. The van der Waals surface area contributed by atoms with Crippen LogP contribution in [0, 0.1) is 0 Å². The van der Waals surface area contributed by atoms with Gasteiger partial charge in [-0.25, -0.2) is 4.79 Å². The van der Waals surface area contributed by atoms with E-state index in [1.54, 1.807) is 26.0 Å². The van der Waals surface area contributed by atoms with Gasteiger partial charge in [-0.1, -0.05) is 72.8 Å². The van der Waals surface area contributed by atoms with Crippen molar-refractivity contribution in [3.8, 4) is 0 Å². The predicted octanol–water partition coefficient (Wildman–Crippen LogP) is 4.44. The number of likely N-dealkylation sites (tertiary alicyclic amines) is 1. The standard InChI is InChI=1S/C37H48N4O6/c1-37(2,3)47-36(45)41-20-12-17-30(41)24-46-25-33(42)39(5)32(23-27-18-19-28-15-10-11-16-29(28)21-27)35(44)40(6)31(34(43)38-4)22-26-13-8-7-9-14-26/h7-11,13-16,18-19,21,30-32H,12,17,20,22-25H2,1-6H3,(H,38,43)/t30-,31+,32+/m0/s1. The summed E-state index contributed by atoms with van der Waals surface area (Å²) in [6, 6.07) is 21.6. The molecule has 1 saturated heterocycles. The van der Waals surface area contributed by atoms with Gasteiger partial charge < -0.3 is 29.5 Å². The highest BCUT2D eigenvalue weighted by atomic mass is 16.6. The Kier molecular flexibility index (Phi) is 12.0. The fourth-order valence-corrected chi connectivity index (χ4v) is 5.90. The minimum Gasteiger partial charge on any atom is -0.444 e. The van der Waals surface area contributed by atoms with E-state index in [9.17, 15) is 19.2 Å². The van der Waals surface area contributed by atoms with E-state index in [-0.39, 0.29) is 43.4 Å². The molecule has 1 heterocycles. The van der Waals surface area contributed by atoms with E-state index in [0.29, 0.717) is 13.0 Å². The molecule has 0 saturated carbocycles. The zero-order chi connectivity index (χ0) is 34.1. The topological polar surface area (TPSA) is 108 Å². The molecule has 4 amide bonds. The Balaban J connectivity index is 1.51. The average Bonchev–Trinajstić information content (AvgIpc) is 3.53. The molecule has 1 aliphatic rings. The molecule has 0 aromatic heterocycles. The highest BCUT2D eigenvalue weighted by molar-refractivity contribution is 5.92. The number of amides is 4. The zero-order valence-corrected chi connectivity index (χ0v) is 28.4. The molecule has 252 valence electrons. The van der Waals surface area contributed by atoms with E-state index in [2.05, 4.69) is 5.32 Å². The van der Waals surface area contributed by atoms with Gasteiger partial charge in [0.2, 0.25) is 17.7 Å². The quantitative estimate of drug-likeness (QED) is 0.313. The molecule has 0 spiro atoms. The zero-order valence-electron chi connectivity index (χ0n) is 28.4. The fraction of sp³-hybridized carbons (Fsp3) is 0.459. The van der Waals surface area contributed by atoms with Crippen molar-refractivity contribution in [1.29, 1.82) is 0 Å². The lowest BCUT2D eigenvalue weighted by Gasteiger charge is -2.34. The number of rotatable bonds is 12. The Morgan fingerprint density at radius 2 is 1.53 bits per heavy atom. The molecular formula is C37H48N4O6. The van der Waals surface area contributed by atoms with Crippen molar-refractivity contribution in [1.82, 2.24) is 20.0 Å². The monoisotopic (exact) mass is 644 g/mol. The third-order valence-electron chi connectivity index (χ3n) is 8.57. The second-order valence-corrected chi connectivity index (χ2v) is 13.2. The van der Waals surface area contributed by atoms with Gasteiger partial charge in [0.15, 0.2) is 0 Å². The van der Waals surface area contributed by atoms with Crippen molar-refractivity contribution in [2.75, 3.05) is 40.9 Å². The summed E-state index contributed by atoms with van der Waals surface area (Å²) < 4.78 is 11.4. The van der Waals surface area contributed by atoms with Gasteiger partial charge >= 0.3 is 6.09 Å². The van der Waals surface area contributed by atoms with Crippen LogP contribution in [0.3, 0.4) is 0 Å². The number of fused-ring (bicyclic) bond motifs is 1. The smallest absolute Gasteiger partial charge is 0.410 e. The molecule has 4 rings (SSSR count). The summed E-state index contributed by atoms with van der Waals surface area (Å²) in [6.45, 7) is 5.97. The molecule has 3 aromatic carbocycles. The summed E-state index contributed by atoms with van der Waals surface area (Å²) in [4.78, 5) is 58.2. The highest BCUT2D eigenvalue weighted by Crippen LogP contribution is 2.22. The summed E-state index contributed by atoms with van der Waals surface area (Å²) in [6.07, 6.45) is 1.75. The number of carbonyl (C=O) groups excluding carboxylic acids is 4. The second kappa shape index (κ2) is 15.9. The first-order chi connectivity index (χ1) is 22.4. The molecular weight excluding hydrogens is 596 g/mol. The van der Waals surface area contributed by atoms with Gasteiger partial charge in [0.05, 0.1) is 12.6 Å². The van der Waals surface area contributed by atoms with Gasteiger partial charge in [-0.15, -0.1) is 0 Å². The fourth-order valence-electron chi connectivity index (χ4n) is 5.90. The van der Waals surface area contributed by atoms with Gasteiger partial charge in [0.25, 0.3) is 0 Å². The van der Waals surface area contributed by atoms with Crippen LogP contribution in [0.2, 0.25) is 0 Å². The van der Waals surface area contributed by atoms with E-state index in [4.69, 9.17) is 9.47 Å². The largest absolute Gasteiger partial charge is 0.444 e. The van der Waals surface area contributed by atoms with Crippen molar-refractivity contribution < 1.29 is 28.7 Å². The normalized spacial score (nSPS) is 16.0. The Morgan fingerprint density at radius 1 is 0.872 bits per heavy atom. The van der Waals surface area contributed by atoms with Gasteiger partial charge in [0.1, 0.15) is 24.3 Å². The third kappa shape index (κ3) is 9.54. The molecule has 3 atom stereocenters. The van der Waals surface area contributed by atoms with Crippen LogP contribution in [0.1, 0.15) is 44.7 Å². The summed E-state index contributed by atoms with van der Waals surface area (Å²) in [5.41, 5.74) is 1.19. The highest BCUT2D eigenvalue weighted by Gasteiger charge is 2.36. The summed E-state index contributed by atoms with van der Waals surface area (Å²) >= 11 is 0. The Labute approximate surface area is 278 Å². The number of ether oxygens (including phenoxy) is 2. The third-order valence-corrected chi connectivity index (χ3v) is 8.57. The first-order valence-corrected chi connectivity index (χ1v) is 16.2. The molecule has 10 heteroatoms. The first-order valence-electron chi connectivity index (χ1n) is 16.2. The molecule has 1 fully saturated rings. The number of benzene rings is 3. The number of nitrogens with one attached hydrogen (secondary N) is 1. The van der Waals surface area contributed by atoms with Crippen LogP contribution >= 0.6 is 0 Å². The van der Waals surface area contributed by atoms with E-state index in [0.717, 1.165) is 34.7 Å². The average molecular weight is 645 g/mol. The van der Waals surface area contributed by atoms with E-state index < -0.39 is 23.8 Å². The number of carbonyl (C=O) groups is 4. The Bertz CT molecular complexity index is 1540. The van der Waals surface area contributed by atoms with Gasteiger partial charge in [0, 0.05) is 40.5 Å². The lowest BCUT2D eigenvalue weighted by Crippen LogP contribution is -2.56. The van der Waals surface area contributed by atoms with E-state index >= 15 is 0 Å². The molecule has 0 bridgehead atoms. The van der Waals surface area contributed by atoms with Gasteiger partial charge in [-0.05, 0) is 55.5 Å². The minimum atomic E-state index is -0.898. The van der Waals surface area contributed by atoms with Crippen LogP contribution in [0.5, 0.6) is 0 Å². The number of nitrogens with zero attached hydrogens (tertiary/aromatic N) is 3. The summed E-state index contributed by atoms with van der Waals surface area (Å²) in [5, 5.41) is 4.79. The molecule has 1 N–H and O–H groups in total. The van der Waals surface area contributed by atoms with Crippen LogP contribution < -0.4 is 5.32 Å². The SMILES string of the molecule is CNC(=O)[C@@H](Cc1ccccc1)N(C)C(=O)[C@@H](Cc1ccc2ccccc2c1)N(C)C(=O)COC[C@@H]1CCCN1C(=O)OC(C)(C)C. The molecule has 0 radical (unpaired) electrons. The first kappa shape index (κ1) is 35.4. The summed E-state index contributed by atoms with van der Waals surface area (Å²) in [7, 11) is 4.75. The molecule has 0 unspecified atom stereocenters. The minimum absolute atomic E-state index is 0.178. The lowest BCUT2D eigenvalue weighted by molar-refractivity contribution is -0.149. The van der Waals surface area contributed by atoms with Crippen LogP contribution in [0.25, 0.3) is 10.8 Å². The summed E-state index contributed by atoms with van der Waals surface area (Å²) in [5.74, 6) is -1.03. The van der Waals surface area contributed by atoms with Crippen molar-refractivity contribution in [2.24, 2.45) is 0 Å². The molecule has 10 nitrogen and oxygen atoms in total. The van der Waals surface area contributed by atoms with Crippen LogP contribution in [0.4, 0.5) is 4.79 Å². The predicted molar refractivity (Wildman–Crippen MR) is 182 cm³/mol. The maximum absolute atomic E-state index is 14.3. The second-order valence-electron chi connectivity index (χ2n) is 13.2. The Morgan fingerprint density at radius 3 is 2.21 bits per heavy atom. The van der Waals surface area contributed by atoms with Gasteiger partial charge in [-0.3, -0.25) is 14.4 Å². The van der Waals surface area contributed by atoms with E-state index in [1.807, 2.05) is 93.6 Å². The number of hydrogen-bond acceptors (Lipinski definition) is 6. The van der Waals surface area contributed by atoms with Gasteiger partial charge in [-0.2, -0.15) is 0 Å². The van der Waals surface area contributed by atoms with E-state index in [1.165, 1.54) is 9.80 Å². The molecule has 0 aliphatic carbocycles. The van der Waals surface area contributed by atoms with Crippen molar-refractivity contribution in [2.45, 2.75) is 70.2 Å². The lowest BCUT2D eigenvalue weighted by atomic mass is 9.98. The maximum atomic E-state index is 14.3. The molecule has 47 heavy (non-hydrogen) atoms. The van der Waals surface area contributed by atoms with Crippen LogP contribution in [0.15, 0.2) is 72.8 Å². The van der Waals surface area contributed by atoms with Crippen molar-refractivity contribution in [3.63, 3.8) is 0 Å². The molecule has 3 aromatic rings. The number of hydrogen-bond donors (Lipinski definition) is 1.